The predicted molar refractivity (Wildman–Crippen MR) is 51.5 cm³/mol. The summed E-state index contributed by atoms with van der Waals surface area (Å²) in [4.78, 5) is 23.3. The molecule has 0 saturated carbocycles. The molecule has 15 heavy (non-hydrogen) atoms. The van der Waals surface area contributed by atoms with Gasteiger partial charge in [-0.2, -0.15) is 0 Å². The van der Waals surface area contributed by atoms with Gasteiger partial charge in [0.15, 0.2) is 5.76 Å². The van der Waals surface area contributed by atoms with Crippen molar-refractivity contribution >= 4 is 11.8 Å². The van der Waals surface area contributed by atoms with Crippen LogP contribution in [0.2, 0.25) is 0 Å². The van der Waals surface area contributed by atoms with Gasteiger partial charge in [0.25, 0.3) is 0 Å². The lowest BCUT2D eigenvalue weighted by Crippen LogP contribution is -2.30. The molecule has 4 nitrogen and oxygen atoms in total. The Morgan fingerprint density at radius 3 is 3.20 bits per heavy atom. The summed E-state index contributed by atoms with van der Waals surface area (Å²) in [6.07, 6.45) is 2.70. The maximum Gasteiger partial charge on any atom is 0.316 e. The van der Waals surface area contributed by atoms with Gasteiger partial charge < -0.3 is 9.15 Å². The molecule has 1 aromatic heterocycles. The van der Waals surface area contributed by atoms with Gasteiger partial charge in [0.2, 0.25) is 5.78 Å². The number of carbonyl (C=O) groups is 2. The van der Waals surface area contributed by atoms with E-state index in [0.29, 0.717) is 25.2 Å². The van der Waals surface area contributed by atoms with Gasteiger partial charge in [0, 0.05) is 5.56 Å². The van der Waals surface area contributed by atoms with Crippen molar-refractivity contribution in [3.63, 3.8) is 0 Å². The van der Waals surface area contributed by atoms with Crippen molar-refractivity contribution in [2.75, 3.05) is 6.61 Å². The van der Waals surface area contributed by atoms with Crippen LogP contribution in [0.5, 0.6) is 0 Å². The number of rotatable bonds is 2. The van der Waals surface area contributed by atoms with Gasteiger partial charge in [-0.3, -0.25) is 9.59 Å². The zero-order chi connectivity index (χ0) is 10.8. The first-order valence-corrected chi connectivity index (χ1v) is 5.01. The van der Waals surface area contributed by atoms with Gasteiger partial charge in [-0.05, 0) is 25.8 Å². The lowest BCUT2D eigenvalue weighted by molar-refractivity contribution is -0.146. The highest BCUT2D eigenvalue weighted by Gasteiger charge is 2.35. The van der Waals surface area contributed by atoms with E-state index >= 15 is 0 Å². The van der Waals surface area contributed by atoms with Crippen molar-refractivity contribution in [1.29, 1.82) is 0 Å². The minimum atomic E-state index is -0.677. The monoisotopic (exact) mass is 208 g/mol. The number of ether oxygens (including phenoxy) is 1. The first-order chi connectivity index (χ1) is 7.24. The van der Waals surface area contributed by atoms with Crippen molar-refractivity contribution < 1.29 is 18.7 Å². The fourth-order valence-corrected chi connectivity index (χ4v) is 1.81. The Morgan fingerprint density at radius 2 is 2.47 bits per heavy atom. The Labute approximate surface area is 87.2 Å². The van der Waals surface area contributed by atoms with Gasteiger partial charge >= 0.3 is 5.97 Å². The number of carbonyl (C=O) groups excluding carboxylic acids is 2. The van der Waals surface area contributed by atoms with E-state index in [4.69, 9.17) is 9.15 Å². The van der Waals surface area contributed by atoms with Crippen molar-refractivity contribution in [3.8, 4) is 0 Å². The summed E-state index contributed by atoms with van der Waals surface area (Å²) in [6.45, 7) is 2.02. The summed E-state index contributed by atoms with van der Waals surface area (Å²) >= 11 is 0. The summed E-state index contributed by atoms with van der Waals surface area (Å²) in [7, 11) is 0. The molecule has 0 N–H and O–H groups in total. The number of hydrogen-bond donors (Lipinski definition) is 0. The second kappa shape index (κ2) is 3.88. The molecule has 1 atom stereocenters. The molecular weight excluding hydrogens is 196 g/mol. The van der Waals surface area contributed by atoms with Crippen LogP contribution in [0.3, 0.4) is 0 Å². The normalized spacial score (nSPS) is 19.8. The molecule has 1 aliphatic rings. The molecule has 0 aromatic carbocycles. The highest BCUT2D eigenvalue weighted by Crippen LogP contribution is 2.27. The fourth-order valence-electron chi connectivity index (χ4n) is 1.81. The van der Waals surface area contributed by atoms with Gasteiger partial charge in [0.1, 0.15) is 5.92 Å². The molecular formula is C11H12O4. The second-order valence-electron chi connectivity index (χ2n) is 3.48. The topological polar surface area (TPSA) is 56.5 Å². The summed E-state index contributed by atoms with van der Waals surface area (Å²) in [5.41, 5.74) is 0.889. The number of aryl methyl sites for hydroxylation is 1. The third-order valence-corrected chi connectivity index (χ3v) is 2.56. The maximum atomic E-state index is 11.8. The highest BCUT2D eigenvalue weighted by molar-refractivity contribution is 6.08. The molecule has 0 radical (unpaired) electrons. The summed E-state index contributed by atoms with van der Waals surface area (Å²) in [6, 6.07) is 1.77. The summed E-state index contributed by atoms with van der Waals surface area (Å²) in [5, 5.41) is 0. The van der Waals surface area contributed by atoms with Crippen LogP contribution < -0.4 is 0 Å². The van der Waals surface area contributed by atoms with Crippen molar-refractivity contribution in [2.45, 2.75) is 19.8 Å². The average Bonchev–Trinajstić information content (AvgIpc) is 2.67. The summed E-state index contributed by atoms with van der Waals surface area (Å²) < 4.78 is 9.91. The van der Waals surface area contributed by atoms with Crippen LogP contribution in [-0.2, 0) is 16.0 Å². The van der Waals surface area contributed by atoms with Crippen LogP contribution in [-0.4, -0.2) is 18.4 Å². The summed E-state index contributed by atoms with van der Waals surface area (Å²) in [5.74, 6) is -1.05. The molecule has 4 heteroatoms. The Bertz CT molecular complexity index is 391. The Balaban J connectivity index is 2.20. The quantitative estimate of drug-likeness (QED) is 0.547. The third-order valence-electron chi connectivity index (χ3n) is 2.56. The third kappa shape index (κ3) is 1.67. The largest absolute Gasteiger partial charge is 0.465 e. The van der Waals surface area contributed by atoms with E-state index in [2.05, 4.69) is 0 Å². The predicted octanol–water partition coefficient (Wildman–Crippen LogP) is 1.59. The lowest BCUT2D eigenvalue weighted by atomic mass is 9.87. The molecule has 1 aliphatic carbocycles. The molecule has 0 spiro atoms. The SMILES string of the molecule is CCOC(=O)[C@H]1CCc2ccoc2C1=O. The van der Waals surface area contributed by atoms with Crippen molar-refractivity contribution in [2.24, 2.45) is 5.92 Å². The zero-order valence-corrected chi connectivity index (χ0v) is 8.49. The van der Waals surface area contributed by atoms with Crippen LogP contribution in [0.25, 0.3) is 0 Å². The van der Waals surface area contributed by atoms with Gasteiger partial charge in [-0.1, -0.05) is 0 Å². The Hall–Kier alpha value is -1.58. The lowest BCUT2D eigenvalue weighted by Gasteiger charge is -2.17. The van der Waals surface area contributed by atoms with Gasteiger partial charge in [-0.25, -0.2) is 0 Å². The molecule has 1 heterocycles. The molecule has 0 amide bonds. The van der Waals surface area contributed by atoms with E-state index in [9.17, 15) is 9.59 Å². The molecule has 0 unspecified atom stereocenters. The van der Waals surface area contributed by atoms with Crippen LogP contribution in [0, 0.1) is 5.92 Å². The van der Waals surface area contributed by atoms with E-state index in [0.717, 1.165) is 5.56 Å². The van der Waals surface area contributed by atoms with Crippen LogP contribution >= 0.6 is 0 Å². The fraction of sp³-hybridized carbons (Fsp3) is 0.455. The van der Waals surface area contributed by atoms with Crippen LogP contribution in [0.1, 0.15) is 29.5 Å². The molecule has 0 fully saturated rings. The smallest absolute Gasteiger partial charge is 0.316 e. The Kier molecular flexibility index (Phi) is 2.58. The minimum Gasteiger partial charge on any atom is -0.465 e. The zero-order valence-electron chi connectivity index (χ0n) is 8.49. The average molecular weight is 208 g/mol. The molecule has 2 rings (SSSR count). The molecule has 80 valence electrons. The number of furan rings is 1. The van der Waals surface area contributed by atoms with Crippen molar-refractivity contribution in [1.82, 2.24) is 0 Å². The van der Waals surface area contributed by atoms with Gasteiger partial charge in [0.05, 0.1) is 12.9 Å². The standard InChI is InChI=1S/C11H12O4/c1-2-14-11(13)8-4-3-7-5-6-15-10(7)9(8)12/h5-6,8H,2-4H2,1H3/t8-/m0/s1. The molecule has 0 saturated heterocycles. The maximum absolute atomic E-state index is 11.8. The van der Waals surface area contributed by atoms with Crippen LogP contribution in [0.4, 0.5) is 0 Å². The highest BCUT2D eigenvalue weighted by atomic mass is 16.5. The first kappa shape index (κ1) is 9.96. The Morgan fingerprint density at radius 1 is 1.67 bits per heavy atom. The number of Topliss-reactive ketones (excluding diaryl/α,β-unsaturated/α-hetero) is 1. The molecule has 0 bridgehead atoms. The first-order valence-electron chi connectivity index (χ1n) is 5.01. The van der Waals surface area contributed by atoms with E-state index in [1.54, 1.807) is 13.0 Å². The number of hydrogen-bond acceptors (Lipinski definition) is 4. The van der Waals surface area contributed by atoms with E-state index in [1.807, 2.05) is 0 Å². The number of ketones is 1. The van der Waals surface area contributed by atoms with E-state index in [-0.39, 0.29) is 5.78 Å². The number of fused-ring (bicyclic) bond motifs is 1. The number of esters is 1. The van der Waals surface area contributed by atoms with E-state index < -0.39 is 11.9 Å². The van der Waals surface area contributed by atoms with Crippen LogP contribution in [0.15, 0.2) is 16.7 Å². The van der Waals surface area contributed by atoms with Crippen molar-refractivity contribution in [3.05, 3.63) is 23.7 Å². The molecule has 0 aliphatic heterocycles. The van der Waals surface area contributed by atoms with E-state index in [1.165, 1.54) is 6.26 Å². The second-order valence-corrected chi connectivity index (χ2v) is 3.48. The molecule has 1 aromatic rings. The van der Waals surface area contributed by atoms with Gasteiger partial charge in [-0.15, -0.1) is 0 Å². The minimum absolute atomic E-state index is 0.250.